The lowest BCUT2D eigenvalue weighted by Gasteiger charge is -2.41. The van der Waals surface area contributed by atoms with Crippen LogP contribution in [-0.4, -0.2) is 111 Å². The van der Waals surface area contributed by atoms with Gasteiger partial charge in [-0.15, -0.1) is 0 Å². The molecule has 2 aliphatic rings. The number of benzene rings is 3. The molecule has 5 atom stereocenters. The Morgan fingerprint density at radius 2 is 1.16 bits per heavy atom. The number of aromatic hydroxyl groups is 9. The minimum atomic E-state index is -2.18. The van der Waals surface area contributed by atoms with Gasteiger partial charge in [-0.05, 0) is 24.3 Å². The van der Waals surface area contributed by atoms with Gasteiger partial charge in [0.15, 0.2) is 46.4 Å². The number of fused-ring (bicyclic) bond motifs is 4. The number of aliphatic hydroxyl groups excluding tert-OH is 2. The molecule has 0 amide bonds. The fourth-order valence-electron chi connectivity index (χ4n) is 4.72. The van der Waals surface area contributed by atoms with E-state index in [0.717, 1.165) is 0 Å². The summed E-state index contributed by atoms with van der Waals surface area (Å²) in [6.45, 7) is -0.948. The molecule has 0 saturated carbocycles. The van der Waals surface area contributed by atoms with Crippen LogP contribution in [0.25, 0.3) is 11.1 Å². The largest absolute Gasteiger partial charge is 0.504 e. The van der Waals surface area contributed by atoms with Gasteiger partial charge in [-0.2, -0.15) is 0 Å². The van der Waals surface area contributed by atoms with Crippen LogP contribution in [0.5, 0.6) is 51.7 Å². The van der Waals surface area contributed by atoms with Crippen molar-refractivity contribution in [2.45, 2.75) is 30.7 Å². The van der Waals surface area contributed by atoms with Gasteiger partial charge in [0.1, 0.15) is 24.9 Å². The predicted octanol–water partition coefficient (Wildman–Crippen LogP) is -0.297. The van der Waals surface area contributed by atoms with Crippen molar-refractivity contribution in [2.24, 2.45) is 0 Å². The SMILES string of the molecule is O=C(O[C@H]1O[C@H]2COC(=O)c3cc(O)c(O)c(O)c3-c3c(cc(O)c(O)c3O)C(=O)O[C@@H]2[C@@H](O)[C@@H]1O)c1cc(O)c(O)c(O)c1. The molecule has 0 aromatic heterocycles. The summed E-state index contributed by atoms with van der Waals surface area (Å²) in [5, 5.41) is 112. The molecule has 0 radical (unpaired) electrons. The number of ether oxygens (including phenoxy) is 4. The minimum absolute atomic E-state index is 0.539. The fourth-order valence-corrected chi connectivity index (χ4v) is 4.72. The fraction of sp³-hybridized carbons (Fsp3) is 0.222. The average Bonchev–Trinajstić information content (AvgIpc) is 3.01. The first kappa shape index (κ1) is 30.6. The van der Waals surface area contributed by atoms with Gasteiger partial charge < -0.3 is 75.1 Å². The van der Waals surface area contributed by atoms with E-state index in [0.29, 0.717) is 24.3 Å². The summed E-state index contributed by atoms with van der Waals surface area (Å²) in [6, 6.07) is 2.51. The lowest BCUT2D eigenvalue weighted by molar-refractivity contribution is -0.284. The van der Waals surface area contributed by atoms with E-state index < -0.39 is 135 Å². The van der Waals surface area contributed by atoms with Crippen molar-refractivity contribution in [3.05, 3.63) is 41.0 Å². The number of rotatable bonds is 2. The standard InChI is InChI=1S/C27H22O18/c28-9-1-6(2-10(29)16(9)32)24(39)45-27-22(38)21(37)23-13(43-27)5-42-25(40)7-3-11(30)17(33)19(35)14(7)15-8(26(41)44-23)4-12(31)18(34)20(15)36/h1-4,13,21-23,27-38H,5H2/t13-,21-,22-,23-,27+/m0/s1. The first-order valence-corrected chi connectivity index (χ1v) is 12.5. The van der Waals surface area contributed by atoms with Crippen molar-refractivity contribution in [1.82, 2.24) is 0 Å². The van der Waals surface area contributed by atoms with Gasteiger partial charge >= 0.3 is 17.9 Å². The molecule has 18 nitrogen and oxygen atoms in total. The highest BCUT2D eigenvalue weighted by atomic mass is 16.7. The van der Waals surface area contributed by atoms with Gasteiger partial charge in [-0.3, -0.25) is 0 Å². The Kier molecular flexibility index (Phi) is 7.49. The molecular formula is C27H22O18. The zero-order valence-electron chi connectivity index (χ0n) is 22.2. The molecule has 45 heavy (non-hydrogen) atoms. The Morgan fingerprint density at radius 3 is 1.69 bits per heavy atom. The van der Waals surface area contributed by atoms with E-state index in [4.69, 9.17) is 18.9 Å². The summed E-state index contributed by atoms with van der Waals surface area (Å²) in [5.74, 6) is -14.3. The molecule has 1 fully saturated rings. The normalized spacial score (nSPS) is 22.9. The van der Waals surface area contributed by atoms with Crippen LogP contribution in [0.2, 0.25) is 0 Å². The minimum Gasteiger partial charge on any atom is -0.504 e. The predicted molar refractivity (Wildman–Crippen MR) is 139 cm³/mol. The van der Waals surface area contributed by atoms with Crippen LogP contribution in [0.1, 0.15) is 31.1 Å². The zero-order valence-corrected chi connectivity index (χ0v) is 22.2. The van der Waals surface area contributed by atoms with Crippen molar-refractivity contribution in [2.75, 3.05) is 6.61 Å². The van der Waals surface area contributed by atoms with Crippen molar-refractivity contribution in [1.29, 1.82) is 0 Å². The zero-order chi connectivity index (χ0) is 33.1. The number of aliphatic hydroxyl groups is 2. The van der Waals surface area contributed by atoms with Crippen molar-refractivity contribution in [3.63, 3.8) is 0 Å². The van der Waals surface area contributed by atoms with Crippen molar-refractivity contribution < 1.29 is 89.5 Å². The van der Waals surface area contributed by atoms with Crippen LogP contribution in [0, 0.1) is 0 Å². The van der Waals surface area contributed by atoms with Crippen LogP contribution >= 0.6 is 0 Å². The van der Waals surface area contributed by atoms with Gasteiger partial charge in [0.2, 0.25) is 17.8 Å². The second-order valence-electron chi connectivity index (χ2n) is 9.79. The van der Waals surface area contributed by atoms with E-state index >= 15 is 0 Å². The number of hydrogen-bond acceptors (Lipinski definition) is 18. The summed E-state index contributed by atoms with van der Waals surface area (Å²) >= 11 is 0. The second kappa shape index (κ2) is 11.0. The molecule has 0 unspecified atom stereocenters. The number of hydrogen-bond donors (Lipinski definition) is 11. The molecular weight excluding hydrogens is 612 g/mol. The molecule has 1 saturated heterocycles. The molecule has 238 valence electrons. The van der Waals surface area contributed by atoms with E-state index in [1.54, 1.807) is 0 Å². The molecule has 0 aliphatic carbocycles. The lowest BCUT2D eigenvalue weighted by Crippen LogP contribution is -2.61. The van der Waals surface area contributed by atoms with Crippen LogP contribution in [0.15, 0.2) is 24.3 Å². The molecule has 3 aromatic rings. The van der Waals surface area contributed by atoms with E-state index in [2.05, 4.69) is 0 Å². The van der Waals surface area contributed by atoms with Gasteiger partial charge in [0.25, 0.3) is 0 Å². The van der Waals surface area contributed by atoms with E-state index in [1.807, 2.05) is 0 Å². The lowest BCUT2D eigenvalue weighted by atomic mass is 9.92. The van der Waals surface area contributed by atoms with Gasteiger partial charge in [0.05, 0.1) is 16.7 Å². The molecule has 11 N–H and O–H groups in total. The summed E-state index contributed by atoms with van der Waals surface area (Å²) in [6.07, 6.45) is -10.1. The number of phenolic OH excluding ortho intramolecular Hbond substituents is 9. The Balaban J connectivity index is 1.57. The van der Waals surface area contributed by atoms with Gasteiger partial charge in [-0.1, -0.05) is 0 Å². The molecule has 18 heteroatoms. The van der Waals surface area contributed by atoms with Crippen molar-refractivity contribution >= 4 is 17.9 Å². The summed E-state index contributed by atoms with van der Waals surface area (Å²) in [7, 11) is 0. The van der Waals surface area contributed by atoms with Gasteiger partial charge in [-0.25, -0.2) is 14.4 Å². The monoisotopic (exact) mass is 634 g/mol. The summed E-state index contributed by atoms with van der Waals surface area (Å²) in [5.41, 5.74) is -3.99. The third kappa shape index (κ3) is 5.07. The summed E-state index contributed by atoms with van der Waals surface area (Å²) < 4.78 is 20.9. The number of phenols is 9. The molecule has 3 aromatic carbocycles. The smallest absolute Gasteiger partial charge is 0.340 e. The first-order chi connectivity index (χ1) is 21.1. The third-order valence-electron chi connectivity index (χ3n) is 6.99. The van der Waals surface area contributed by atoms with E-state index in [1.165, 1.54) is 0 Å². The number of carbonyl (C=O) groups excluding carboxylic acids is 3. The highest BCUT2D eigenvalue weighted by molar-refractivity contribution is 6.08. The van der Waals surface area contributed by atoms with Crippen LogP contribution in [-0.2, 0) is 18.9 Å². The Hall–Kier alpha value is -5.85. The molecule has 0 spiro atoms. The Morgan fingerprint density at radius 1 is 0.667 bits per heavy atom. The van der Waals surface area contributed by atoms with E-state index in [-0.39, 0.29) is 0 Å². The number of cyclic esters (lactones) is 1. The van der Waals surface area contributed by atoms with Crippen molar-refractivity contribution in [3.8, 4) is 62.9 Å². The topological polar surface area (TPSA) is 311 Å². The highest BCUT2D eigenvalue weighted by Crippen LogP contribution is 2.53. The van der Waals surface area contributed by atoms with Gasteiger partial charge in [0, 0.05) is 11.1 Å². The molecule has 2 aliphatic heterocycles. The van der Waals surface area contributed by atoms with Crippen LogP contribution in [0.3, 0.4) is 0 Å². The van der Waals surface area contributed by atoms with E-state index in [9.17, 15) is 70.6 Å². The Labute approximate surface area is 248 Å². The van der Waals surface area contributed by atoms with Crippen LogP contribution < -0.4 is 0 Å². The molecule has 0 bridgehead atoms. The number of esters is 3. The maximum atomic E-state index is 13.4. The summed E-state index contributed by atoms with van der Waals surface area (Å²) in [4.78, 5) is 39.3. The van der Waals surface area contributed by atoms with Crippen LogP contribution in [0.4, 0.5) is 0 Å². The second-order valence-corrected chi connectivity index (χ2v) is 9.79. The maximum absolute atomic E-state index is 13.4. The third-order valence-corrected chi connectivity index (χ3v) is 6.99. The maximum Gasteiger partial charge on any atom is 0.340 e. The number of carbonyl (C=O) groups is 3. The highest BCUT2D eigenvalue weighted by Gasteiger charge is 2.50. The first-order valence-electron chi connectivity index (χ1n) is 12.5. The quantitative estimate of drug-likeness (QED) is 0.0979. The molecule has 2 heterocycles. The molecule has 5 rings (SSSR count). The average molecular weight is 634 g/mol. The Bertz CT molecular complexity index is 1730.